The van der Waals surface area contributed by atoms with Gasteiger partial charge in [0.2, 0.25) is 0 Å². The van der Waals surface area contributed by atoms with E-state index in [-0.39, 0.29) is 18.9 Å². The number of morpholine rings is 1. The lowest BCUT2D eigenvalue weighted by molar-refractivity contribution is -0.0383. The Hall–Kier alpha value is -2.75. The molecule has 36 heavy (non-hydrogen) atoms. The lowest BCUT2D eigenvalue weighted by Crippen LogP contribution is -2.44. The van der Waals surface area contributed by atoms with Crippen molar-refractivity contribution in [3.63, 3.8) is 0 Å². The molecule has 0 spiro atoms. The number of ether oxygens (including phenoxy) is 2. The van der Waals surface area contributed by atoms with Crippen LogP contribution in [0.25, 0.3) is 22.3 Å². The van der Waals surface area contributed by atoms with Gasteiger partial charge in [0, 0.05) is 62.4 Å². The first kappa shape index (κ1) is 23.6. The highest BCUT2D eigenvalue weighted by Gasteiger charge is 2.27. The number of aliphatic hydroxyl groups is 1. The molecule has 0 amide bonds. The third kappa shape index (κ3) is 4.44. The molecule has 3 aliphatic rings. The smallest absolute Gasteiger partial charge is 0.150 e. The minimum Gasteiger partial charge on any atom is -0.396 e. The van der Waals surface area contributed by atoms with Gasteiger partial charge in [-0.3, -0.25) is 4.98 Å². The summed E-state index contributed by atoms with van der Waals surface area (Å²) in [5, 5.41) is 15.4. The number of rotatable bonds is 5. The predicted molar refractivity (Wildman–Crippen MR) is 139 cm³/mol. The van der Waals surface area contributed by atoms with E-state index in [0.717, 1.165) is 86.5 Å². The molecule has 3 saturated heterocycles. The molecule has 0 saturated carbocycles. The van der Waals surface area contributed by atoms with Crippen LogP contribution in [-0.4, -0.2) is 77.0 Å². The minimum absolute atomic E-state index is 0.0692. The van der Waals surface area contributed by atoms with Crippen LogP contribution in [0.1, 0.15) is 45.3 Å². The van der Waals surface area contributed by atoms with E-state index in [1.54, 1.807) is 0 Å². The summed E-state index contributed by atoms with van der Waals surface area (Å²) in [5.74, 6) is 1.35. The van der Waals surface area contributed by atoms with Gasteiger partial charge in [-0.05, 0) is 57.1 Å². The average molecular weight is 493 g/mol. The molecular formula is C27H36N6O3. The van der Waals surface area contributed by atoms with Crippen LogP contribution in [0.4, 0.5) is 11.5 Å². The number of pyridine rings is 2. The summed E-state index contributed by atoms with van der Waals surface area (Å²) in [7, 11) is 0. The van der Waals surface area contributed by atoms with E-state index in [0.29, 0.717) is 19.1 Å². The molecular weight excluding hydrogens is 456 g/mol. The van der Waals surface area contributed by atoms with E-state index in [1.807, 2.05) is 23.1 Å². The first-order valence-electron chi connectivity index (χ1n) is 13.4. The molecule has 0 aromatic carbocycles. The van der Waals surface area contributed by atoms with E-state index in [2.05, 4.69) is 34.0 Å². The number of hydrogen-bond acceptors (Lipinski definition) is 8. The molecule has 2 unspecified atom stereocenters. The fourth-order valence-corrected chi connectivity index (χ4v) is 5.79. The van der Waals surface area contributed by atoms with Gasteiger partial charge in [-0.15, -0.1) is 0 Å². The van der Waals surface area contributed by atoms with Crippen LogP contribution in [0.15, 0.2) is 30.6 Å². The summed E-state index contributed by atoms with van der Waals surface area (Å²) in [6.45, 7) is 7.28. The molecule has 3 fully saturated rings. The molecule has 0 bridgehead atoms. The second kappa shape index (κ2) is 10.3. The van der Waals surface area contributed by atoms with Crippen molar-refractivity contribution in [1.29, 1.82) is 0 Å². The highest BCUT2D eigenvalue weighted by molar-refractivity contribution is 6.00. The van der Waals surface area contributed by atoms with Gasteiger partial charge in [0.25, 0.3) is 0 Å². The van der Waals surface area contributed by atoms with Crippen molar-refractivity contribution in [3.05, 3.63) is 30.6 Å². The quantitative estimate of drug-likeness (QED) is 0.578. The number of anilines is 2. The number of piperidine rings is 1. The summed E-state index contributed by atoms with van der Waals surface area (Å²) in [5.41, 5.74) is 3.87. The van der Waals surface area contributed by atoms with Gasteiger partial charge < -0.3 is 24.4 Å². The molecule has 3 aromatic heterocycles. The third-order valence-corrected chi connectivity index (χ3v) is 7.91. The molecule has 6 heterocycles. The summed E-state index contributed by atoms with van der Waals surface area (Å²) in [6.07, 6.45) is 8.83. The van der Waals surface area contributed by atoms with E-state index in [1.165, 1.54) is 5.69 Å². The van der Waals surface area contributed by atoms with Crippen LogP contribution < -0.4 is 9.80 Å². The van der Waals surface area contributed by atoms with Crippen molar-refractivity contribution in [2.75, 3.05) is 55.9 Å². The van der Waals surface area contributed by atoms with E-state index in [9.17, 15) is 5.11 Å². The van der Waals surface area contributed by atoms with Gasteiger partial charge in [-0.25, -0.2) is 9.67 Å². The lowest BCUT2D eigenvalue weighted by atomic mass is 9.97. The van der Waals surface area contributed by atoms with Crippen molar-refractivity contribution in [2.45, 2.75) is 51.3 Å². The summed E-state index contributed by atoms with van der Waals surface area (Å²) in [6, 6.07) is 6.61. The van der Waals surface area contributed by atoms with Crippen molar-refractivity contribution in [2.24, 2.45) is 5.92 Å². The van der Waals surface area contributed by atoms with Gasteiger partial charge in [0.1, 0.15) is 17.0 Å². The maximum atomic E-state index is 9.66. The van der Waals surface area contributed by atoms with Gasteiger partial charge >= 0.3 is 0 Å². The van der Waals surface area contributed by atoms with E-state index >= 15 is 0 Å². The Labute approximate surface area is 212 Å². The SMILES string of the molecule is CC1COCCN1c1cc(N2CCC(CO)CC2)c2ccnc(-c3ccnn3C3CCCCO3)c2n1. The number of aromatic nitrogens is 4. The topological polar surface area (TPSA) is 88.8 Å². The third-order valence-electron chi connectivity index (χ3n) is 7.91. The van der Waals surface area contributed by atoms with Crippen molar-refractivity contribution < 1.29 is 14.6 Å². The van der Waals surface area contributed by atoms with Crippen LogP contribution in [0.2, 0.25) is 0 Å². The largest absolute Gasteiger partial charge is 0.396 e. The molecule has 192 valence electrons. The van der Waals surface area contributed by atoms with Crippen LogP contribution in [0.3, 0.4) is 0 Å². The van der Waals surface area contributed by atoms with Gasteiger partial charge in [0.05, 0.1) is 24.9 Å². The molecule has 9 heteroatoms. The second-order valence-electron chi connectivity index (χ2n) is 10.3. The van der Waals surface area contributed by atoms with E-state index in [4.69, 9.17) is 19.4 Å². The number of nitrogens with zero attached hydrogens (tertiary/aromatic N) is 6. The normalized spacial score (nSPS) is 23.9. The monoisotopic (exact) mass is 492 g/mol. The zero-order valence-electron chi connectivity index (χ0n) is 21.1. The molecule has 3 aliphatic heterocycles. The second-order valence-corrected chi connectivity index (χ2v) is 10.3. The zero-order valence-corrected chi connectivity index (χ0v) is 21.1. The van der Waals surface area contributed by atoms with E-state index < -0.39 is 0 Å². The molecule has 1 N–H and O–H groups in total. The summed E-state index contributed by atoms with van der Waals surface area (Å²) >= 11 is 0. The number of hydrogen-bond donors (Lipinski definition) is 1. The van der Waals surface area contributed by atoms with Gasteiger partial charge in [-0.2, -0.15) is 5.10 Å². The van der Waals surface area contributed by atoms with Gasteiger partial charge in [0.15, 0.2) is 6.23 Å². The predicted octanol–water partition coefficient (Wildman–Crippen LogP) is 3.63. The molecule has 0 radical (unpaired) electrons. The van der Waals surface area contributed by atoms with Crippen molar-refractivity contribution in [1.82, 2.24) is 19.7 Å². The Kier molecular flexibility index (Phi) is 6.77. The lowest BCUT2D eigenvalue weighted by Gasteiger charge is -2.37. The average Bonchev–Trinajstić information content (AvgIpc) is 3.43. The minimum atomic E-state index is -0.0692. The summed E-state index contributed by atoms with van der Waals surface area (Å²) < 4.78 is 13.8. The fraction of sp³-hybridized carbons (Fsp3) is 0.593. The number of aliphatic hydroxyl groups excluding tert-OH is 1. The van der Waals surface area contributed by atoms with Crippen molar-refractivity contribution in [3.8, 4) is 11.4 Å². The molecule has 6 rings (SSSR count). The maximum Gasteiger partial charge on any atom is 0.150 e. The Bertz CT molecular complexity index is 1190. The van der Waals surface area contributed by atoms with Crippen LogP contribution in [0, 0.1) is 5.92 Å². The molecule has 2 atom stereocenters. The van der Waals surface area contributed by atoms with Crippen LogP contribution in [-0.2, 0) is 9.47 Å². The highest BCUT2D eigenvalue weighted by atomic mass is 16.5. The van der Waals surface area contributed by atoms with Crippen molar-refractivity contribution >= 4 is 22.4 Å². The fourth-order valence-electron chi connectivity index (χ4n) is 5.79. The Morgan fingerprint density at radius 1 is 1.06 bits per heavy atom. The van der Waals surface area contributed by atoms with Crippen LogP contribution in [0.5, 0.6) is 0 Å². The standard InChI is InChI=1S/C27H36N6O3/c1-19-18-35-15-13-32(19)24-16-23(31-11-7-20(17-34)8-12-31)21-5-9-28-27(26(21)30-24)22-6-10-29-33(22)25-4-2-3-14-36-25/h5-6,9-10,16,19-20,25,34H,2-4,7-8,11-15,17-18H2,1H3. The summed E-state index contributed by atoms with van der Waals surface area (Å²) in [4.78, 5) is 14.9. The first-order valence-corrected chi connectivity index (χ1v) is 13.4. The van der Waals surface area contributed by atoms with Gasteiger partial charge in [-0.1, -0.05) is 0 Å². The number of fused-ring (bicyclic) bond motifs is 1. The zero-order chi connectivity index (χ0) is 24.5. The molecule has 0 aliphatic carbocycles. The molecule has 9 nitrogen and oxygen atoms in total. The Morgan fingerprint density at radius 3 is 2.72 bits per heavy atom. The first-order chi connectivity index (χ1) is 17.7. The molecule has 3 aromatic rings. The highest BCUT2D eigenvalue weighted by Crippen LogP contribution is 2.38. The Morgan fingerprint density at radius 2 is 1.94 bits per heavy atom. The maximum absolute atomic E-state index is 9.66. The Balaban J connectivity index is 1.48. The van der Waals surface area contributed by atoms with Crippen LogP contribution >= 0.6 is 0 Å².